The van der Waals surface area contributed by atoms with Crippen molar-refractivity contribution >= 4 is 43.5 Å². The highest BCUT2D eigenvalue weighted by molar-refractivity contribution is 6.17. The van der Waals surface area contributed by atoms with Crippen LogP contribution in [-0.2, 0) is 0 Å². The molecule has 12 rings (SSSR count). The molecule has 0 aliphatic heterocycles. The Labute approximate surface area is 365 Å². The van der Waals surface area contributed by atoms with Crippen LogP contribution in [-0.4, -0.2) is 19.5 Å². The van der Waals surface area contributed by atoms with Gasteiger partial charge in [-0.2, -0.15) is 0 Å². The first-order valence-electron chi connectivity index (χ1n) is 21.4. The fraction of sp³-hybridized carbons (Fsp3) is 0. The highest BCUT2D eigenvalue weighted by atomic mass is 15.0. The van der Waals surface area contributed by atoms with Gasteiger partial charge in [-0.05, 0) is 64.7 Å². The van der Waals surface area contributed by atoms with Gasteiger partial charge in [-0.25, -0.2) is 15.0 Å². The lowest BCUT2D eigenvalue weighted by Crippen LogP contribution is -1.97. The van der Waals surface area contributed by atoms with E-state index in [-0.39, 0.29) is 0 Å². The summed E-state index contributed by atoms with van der Waals surface area (Å²) in [5, 5.41) is 6.01. The summed E-state index contributed by atoms with van der Waals surface area (Å²) in [6.45, 7) is 0. The van der Waals surface area contributed by atoms with Gasteiger partial charge in [0.1, 0.15) is 0 Å². The number of rotatable bonds is 7. The molecule has 4 nitrogen and oxygen atoms in total. The average Bonchev–Trinajstić information content (AvgIpc) is 3.71. The summed E-state index contributed by atoms with van der Waals surface area (Å²) < 4.78 is 2.34. The predicted molar refractivity (Wildman–Crippen MR) is 262 cm³/mol. The highest BCUT2D eigenvalue weighted by Crippen LogP contribution is 2.40. The van der Waals surface area contributed by atoms with E-state index in [0.29, 0.717) is 5.82 Å². The Hall–Kier alpha value is -8.47. The fourth-order valence-corrected chi connectivity index (χ4v) is 9.20. The van der Waals surface area contributed by atoms with E-state index in [1.165, 1.54) is 32.8 Å². The van der Waals surface area contributed by atoms with E-state index < -0.39 is 0 Å². The number of nitrogens with zero attached hydrogens (tertiary/aromatic N) is 4. The number of hydrogen-bond donors (Lipinski definition) is 0. The van der Waals surface area contributed by atoms with Crippen LogP contribution in [0.25, 0.3) is 117 Å². The van der Waals surface area contributed by atoms with Crippen molar-refractivity contribution in [1.82, 2.24) is 19.5 Å². The molecule has 0 saturated heterocycles. The first-order valence-corrected chi connectivity index (χ1v) is 21.4. The molecule has 0 unspecified atom stereocenters. The average molecular weight is 803 g/mol. The molecule has 0 bridgehead atoms. The lowest BCUT2D eigenvalue weighted by Gasteiger charge is -2.14. The number of aromatic nitrogens is 4. The van der Waals surface area contributed by atoms with E-state index >= 15 is 0 Å². The van der Waals surface area contributed by atoms with Crippen LogP contribution in [0.3, 0.4) is 0 Å². The Morgan fingerprint density at radius 3 is 1.54 bits per heavy atom. The van der Waals surface area contributed by atoms with Gasteiger partial charge < -0.3 is 4.57 Å². The van der Waals surface area contributed by atoms with Crippen LogP contribution in [0.15, 0.2) is 231 Å². The second-order valence-electron chi connectivity index (χ2n) is 16.0. The van der Waals surface area contributed by atoms with Gasteiger partial charge in [0.25, 0.3) is 0 Å². The van der Waals surface area contributed by atoms with Crippen LogP contribution in [0.2, 0.25) is 0 Å². The molecule has 9 aromatic carbocycles. The molecular formula is C59H38N4. The summed E-state index contributed by atoms with van der Waals surface area (Å²) in [6.07, 6.45) is 0. The van der Waals surface area contributed by atoms with Gasteiger partial charge in [0, 0.05) is 54.9 Å². The third-order valence-corrected chi connectivity index (χ3v) is 12.2. The van der Waals surface area contributed by atoms with E-state index in [0.717, 1.165) is 78.0 Å². The molecule has 3 heterocycles. The molecule has 0 saturated carbocycles. The smallest absolute Gasteiger partial charge is 0.160 e. The van der Waals surface area contributed by atoms with Crippen molar-refractivity contribution < 1.29 is 0 Å². The maximum Gasteiger partial charge on any atom is 0.160 e. The first kappa shape index (κ1) is 36.4. The minimum absolute atomic E-state index is 0.692. The van der Waals surface area contributed by atoms with E-state index in [9.17, 15) is 0 Å². The number of hydrogen-bond acceptors (Lipinski definition) is 3. The summed E-state index contributed by atoms with van der Waals surface area (Å²) >= 11 is 0. The van der Waals surface area contributed by atoms with Crippen LogP contribution >= 0.6 is 0 Å². The van der Waals surface area contributed by atoms with Crippen LogP contribution in [0.4, 0.5) is 0 Å². The van der Waals surface area contributed by atoms with Crippen molar-refractivity contribution in [3.8, 4) is 73.1 Å². The summed E-state index contributed by atoms with van der Waals surface area (Å²) in [5.41, 5.74) is 16.0. The van der Waals surface area contributed by atoms with E-state index in [4.69, 9.17) is 15.0 Å². The zero-order valence-corrected chi connectivity index (χ0v) is 34.2. The first-order chi connectivity index (χ1) is 31.2. The zero-order chi connectivity index (χ0) is 41.7. The van der Waals surface area contributed by atoms with Gasteiger partial charge in [-0.3, -0.25) is 0 Å². The van der Waals surface area contributed by atoms with Gasteiger partial charge >= 0.3 is 0 Å². The Kier molecular flexibility index (Phi) is 8.79. The Morgan fingerprint density at radius 2 is 0.825 bits per heavy atom. The third kappa shape index (κ3) is 6.44. The Balaban J connectivity index is 0.916. The van der Waals surface area contributed by atoms with Crippen molar-refractivity contribution in [1.29, 1.82) is 0 Å². The summed E-state index contributed by atoms with van der Waals surface area (Å²) in [5.74, 6) is 0.692. The lowest BCUT2D eigenvalue weighted by atomic mass is 9.92. The van der Waals surface area contributed by atoms with Gasteiger partial charge in [-0.1, -0.05) is 188 Å². The minimum Gasteiger partial charge on any atom is -0.309 e. The predicted octanol–water partition coefficient (Wildman–Crippen LogP) is 15.3. The minimum atomic E-state index is 0.692. The molecule has 0 aliphatic carbocycles. The molecule has 294 valence electrons. The second-order valence-corrected chi connectivity index (χ2v) is 16.0. The summed E-state index contributed by atoms with van der Waals surface area (Å²) in [6, 6.07) is 81.5. The van der Waals surface area contributed by atoms with Gasteiger partial charge in [-0.15, -0.1) is 0 Å². The number of fused-ring (bicyclic) bond motifs is 6. The number of pyridine rings is 1. The van der Waals surface area contributed by atoms with Crippen molar-refractivity contribution in [2.24, 2.45) is 0 Å². The quantitative estimate of drug-likeness (QED) is 0.151. The lowest BCUT2D eigenvalue weighted by molar-refractivity contribution is 1.17. The molecule has 3 aromatic heterocycles. The highest BCUT2D eigenvalue weighted by Gasteiger charge is 2.17. The van der Waals surface area contributed by atoms with E-state index in [2.05, 4.69) is 217 Å². The van der Waals surface area contributed by atoms with Crippen LogP contribution in [0.5, 0.6) is 0 Å². The maximum absolute atomic E-state index is 5.18. The topological polar surface area (TPSA) is 43.6 Å². The molecule has 0 fully saturated rings. The molecule has 63 heavy (non-hydrogen) atoms. The maximum atomic E-state index is 5.18. The standard InChI is InChI=1S/C59H38N4/c1-3-15-42(16-4-1)58-51-25-14-24-47(57(51)50-23-7-10-26-52(50)60-58)40-31-29-39(30-32-40)44-19-13-20-45(37-44)54-38-53(61-59(62-54)43-17-5-2-6-18-43)41-33-35-46(36-34-41)63-55-27-11-8-21-48(55)49-22-9-12-28-56(49)63/h1-38H. The zero-order valence-electron chi connectivity index (χ0n) is 34.2. The molecule has 0 radical (unpaired) electrons. The van der Waals surface area contributed by atoms with Gasteiger partial charge in [0.05, 0.1) is 33.6 Å². The van der Waals surface area contributed by atoms with E-state index in [1.54, 1.807) is 0 Å². The van der Waals surface area contributed by atoms with Crippen LogP contribution in [0.1, 0.15) is 0 Å². The molecule has 0 aliphatic rings. The molecule has 0 amide bonds. The molecule has 0 spiro atoms. The monoisotopic (exact) mass is 802 g/mol. The normalized spacial score (nSPS) is 11.5. The molecule has 4 heteroatoms. The van der Waals surface area contributed by atoms with Gasteiger partial charge in [0.2, 0.25) is 0 Å². The fourth-order valence-electron chi connectivity index (χ4n) is 9.20. The number of benzene rings is 9. The molecule has 12 aromatic rings. The molecule has 0 atom stereocenters. The third-order valence-electron chi connectivity index (χ3n) is 12.2. The Bertz CT molecular complexity index is 3590. The van der Waals surface area contributed by atoms with Crippen LogP contribution < -0.4 is 0 Å². The number of para-hydroxylation sites is 3. The Morgan fingerprint density at radius 1 is 0.302 bits per heavy atom. The SMILES string of the molecule is c1ccc(-c2nc(-c3ccc(-n4c5ccccc5c5ccccc54)cc3)cc(-c3cccc(-c4ccc(-c5cccc6c(-c7ccccc7)nc7ccccc7c56)cc4)c3)n2)cc1. The van der Waals surface area contributed by atoms with Crippen molar-refractivity contribution in [2.45, 2.75) is 0 Å². The second kappa shape index (κ2) is 15.2. The summed E-state index contributed by atoms with van der Waals surface area (Å²) in [4.78, 5) is 15.5. The molecular weight excluding hydrogens is 765 g/mol. The van der Waals surface area contributed by atoms with Crippen molar-refractivity contribution in [3.63, 3.8) is 0 Å². The van der Waals surface area contributed by atoms with Crippen molar-refractivity contribution in [3.05, 3.63) is 231 Å². The van der Waals surface area contributed by atoms with E-state index in [1.807, 2.05) is 18.2 Å². The molecule has 0 N–H and O–H groups in total. The van der Waals surface area contributed by atoms with Crippen LogP contribution in [0, 0.1) is 0 Å². The van der Waals surface area contributed by atoms with Gasteiger partial charge in [0.15, 0.2) is 5.82 Å². The largest absolute Gasteiger partial charge is 0.309 e. The van der Waals surface area contributed by atoms with Crippen molar-refractivity contribution in [2.75, 3.05) is 0 Å². The summed E-state index contributed by atoms with van der Waals surface area (Å²) in [7, 11) is 0.